The van der Waals surface area contributed by atoms with Crippen LogP contribution in [0.15, 0.2) is 29.0 Å². The highest BCUT2D eigenvalue weighted by atomic mass is 16.3. The van der Waals surface area contributed by atoms with Crippen molar-refractivity contribution in [2.24, 2.45) is 17.6 Å². The Morgan fingerprint density at radius 2 is 1.85 bits per heavy atom. The Morgan fingerprint density at radius 1 is 1.21 bits per heavy atom. The molecule has 4 atom stereocenters. The van der Waals surface area contributed by atoms with Gasteiger partial charge in [-0.25, -0.2) is 0 Å². The third-order valence-electron chi connectivity index (χ3n) is 7.20. The molecule has 1 saturated carbocycles. The number of aliphatic hydroxyl groups excluding tert-OH is 2. The summed E-state index contributed by atoms with van der Waals surface area (Å²) in [6.07, 6.45) is 0.340. The molecule has 178 valence electrons. The van der Waals surface area contributed by atoms with Crippen LogP contribution in [0.5, 0.6) is 0 Å². The van der Waals surface area contributed by atoms with Gasteiger partial charge in [0.25, 0.3) is 5.91 Å². The quantitative estimate of drug-likeness (QED) is 0.455. The highest BCUT2D eigenvalue weighted by molar-refractivity contribution is 6.24. The molecule has 5 N–H and O–H groups in total. The summed E-state index contributed by atoms with van der Waals surface area (Å²) in [6, 6.07) is 4.23. The third kappa shape index (κ3) is 2.90. The van der Waals surface area contributed by atoms with Crippen LogP contribution in [0.3, 0.4) is 0 Å². The molecule has 0 saturated heterocycles. The van der Waals surface area contributed by atoms with Crippen LogP contribution in [-0.4, -0.2) is 77.5 Å². The van der Waals surface area contributed by atoms with E-state index in [1.807, 2.05) is 25.1 Å². The summed E-state index contributed by atoms with van der Waals surface area (Å²) in [6.45, 7) is 0. The molecule has 0 aliphatic heterocycles. The number of carbonyl (C=O) groups is 3. The number of Topliss-reactive ketones (excluding diaryl/α,β-unsaturated/α-hetero) is 2. The lowest BCUT2D eigenvalue weighted by Crippen LogP contribution is -2.65. The minimum Gasteiger partial charge on any atom is -0.508 e. The first kappa shape index (κ1) is 23.5. The molecule has 4 unspecified atom stereocenters. The first-order valence-corrected chi connectivity index (χ1v) is 10.8. The minimum absolute atomic E-state index is 0.0649. The molecule has 34 heavy (non-hydrogen) atoms. The van der Waals surface area contributed by atoms with E-state index in [9.17, 15) is 35.0 Å². The fourth-order valence-corrected chi connectivity index (χ4v) is 5.76. The number of nitriles is 1. The molecule has 1 aromatic rings. The lowest BCUT2D eigenvalue weighted by atomic mass is 9.57. The standard InChI is InChI=1S/C24H26N4O6/c1-27(2)14-6-5-10(9-25)15-12(14)7-11-8-13-18(28(3)4)20(30)17(23(26)33)22(32)24(13,34)21(31)16(11)19(15)29/h5-6,11,13,18,29,32,34H,7-8H2,1-4H3,(H2,26,33). The van der Waals surface area contributed by atoms with Crippen LogP contribution in [-0.2, 0) is 20.8 Å². The summed E-state index contributed by atoms with van der Waals surface area (Å²) in [5, 5.41) is 43.3. The topological polar surface area (TPSA) is 168 Å². The molecule has 10 nitrogen and oxygen atoms in total. The first-order valence-electron chi connectivity index (χ1n) is 10.8. The molecule has 0 radical (unpaired) electrons. The van der Waals surface area contributed by atoms with Crippen molar-refractivity contribution < 1.29 is 29.7 Å². The fourth-order valence-electron chi connectivity index (χ4n) is 5.76. The van der Waals surface area contributed by atoms with Gasteiger partial charge in [0.2, 0.25) is 5.78 Å². The van der Waals surface area contributed by atoms with Crippen molar-refractivity contribution in [3.8, 4) is 6.07 Å². The minimum atomic E-state index is -2.63. The van der Waals surface area contributed by atoms with Crippen LogP contribution < -0.4 is 10.6 Å². The van der Waals surface area contributed by atoms with E-state index in [2.05, 4.69) is 0 Å². The maximum absolute atomic E-state index is 13.8. The average Bonchev–Trinajstić information content (AvgIpc) is 2.74. The van der Waals surface area contributed by atoms with E-state index in [1.165, 1.54) is 4.90 Å². The molecule has 3 aliphatic carbocycles. The SMILES string of the molecule is CN(C)c1ccc(C#N)c2c1CC1CC3C(N(C)C)C(=O)C(C(N)=O)=C(O)C3(O)C(=O)C1=C2O. The largest absolute Gasteiger partial charge is 0.508 e. The van der Waals surface area contributed by atoms with Gasteiger partial charge in [-0.15, -0.1) is 0 Å². The Morgan fingerprint density at radius 3 is 2.38 bits per heavy atom. The summed E-state index contributed by atoms with van der Waals surface area (Å²) in [4.78, 5) is 42.2. The van der Waals surface area contributed by atoms with E-state index in [-0.39, 0.29) is 29.5 Å². The molecule has 10 heteroatoms. The molecule has 3 aliphatic rings. The number of anilines is 1. The van der Waals surface area contributed by atoms with Crippen molar-refractivity contribution in [3.63, 3.8) is 0 Å². The van der Waals surface area contributed by atoms with Gasteiger partial charge in [0.15, 0.2) is 11.4 Å². The van der Waals surface area contributed by atoms with Crippen molar-refractivity contribution in [1.29, 1.82) is 5.26 Å². The van der Waals surface area contributed by atoms with E-state index in [0.717, 1.165) is 5.69 Å². The number of carbonyl (C=O) groups excluding carboxylic acids is 3. The van der Waals surface area contributed by atoms with Crippen LogP contribution in [0.1, 0.15) is 23.1 Å². The van der Waals surface area contributed by atoms with Crippen LogP contribution in [0.2, 0.25) is 0 Å². The van der Waals surface area contributed by atoms with Crippen molar-refractivity contribution in [2.75, 3.05) is 33.1 Å². The molecule has 0 heterocycles. The Bertz CT molecular complexity index is 1250. The van der Waals surface area contributed by atoms with E-state index >= 15 is 0 Å². The molecule has 0 aromatic heterocycles. The van der Waals surface area contributed by atoms with E-state index < -0.39 is 58.0 Å². The van der Waals surface area contributed by atoms with Crippen molar-refractivity contribution in [3.05, 3.63) is 45.7 Å². The molecule has 0 bridgehead atoms. The zero-order chi connectivity index (χ0) is 25.3. The Kier molecular flexibility index (Phi) is 5.31. The predicted octanol–water partition coefficient (Wildman–Crippen LogP) is 0.196. The van der Waals surface area contributed by atoms with E-state index in [1.54, 1.807) is 26.2 Å². The van der Waals surface area contributed by atoms with Crippen molar-refractivity contribution in [2.45, 2.75) is 24.5 Å². The average molecular weight is 466 g/mol. The number of aliphatic hydroxyl groups is 3. The highest BCUT2D eigenvalue weighted by Gasteiger charge is 2.64. The lowest BCUT2D eigenvalue weighted by molar-refractivity contribution is -0.153. The fraction of sp³-hybridized carbons (Fsp3) is 0.417. The smallest absolute Gasteiger partial charge is 0.255 e. The number of rotatable bonds is 3. The van der Waals surface area contributed by atoms with Crippen molar-refractivity contribution in [1.82, 2.24) is 4.90 Å². The molecule has 1 fully saturated rings. The second kappa shape index (κ2) is 7.68. The first-order chi connectivity index (χ1) is 15.9. The Labute approximate surface area is 196 Å². The van der Waals surface area contributed by atoms with Gasteiger partial charge in [-0.1, -0.05) is 0 Å². The maximum Gasteiger partial charge on any atom is 0.255 e. The number of nitrogens with zero attached hydrogens (tertiary/aromatic N) is 3. The van der Waals surface area contributed by atoms with Gasteiger partial charge in [0, 0.05) is 36.8 Å². The molecule has 0 spiro atoms. The van der Waals surface area contributed by atoms with Crippen molar-refractivity contribution >= 4 is 28.9 Å². The number of amides is 1. The van der Waals surface area contributed by atoms with Crippen LogP contribution in [0, 0.1) is 23.2 Å². The predicted molar refractivity (Wildman–Crippen MR) is 122 cm³/mol. The van der Waals surface area contributed by atoms with E-state index in [0.29, 0.717) is 5.56 Å². The number of hydrogen-bond acceptors (Lipinski definition) is 9. The summed E-state index contributed by atoms with van der Waals surface area (Å²) < 4.78 is 0. The Balaban J connectivity index is 2.01. The number of nitrogens with two attached hydrogens (primary N) is 1. The highest BCUT2D eigenvalue weighted by Crippen LogP contribution is 2.52. The van der Waals surface area contributed by atoms with Gasteiger partial charge >= 0.3 is 0 Å². The van der Waals surface area contributed by atoms with Crippen LogP contribution in [0.25, 0.3) is 5.76 Å². The molecule has 4 rings (SSSR count). The zero-order valence-electron chi connectivity index (χ0n) is 19.3. The summed E-state index contributed by atoms with van der Waals surface area (Å²) in [7, 11) is 6.77. The maximum atomic E-state index is 13.8. The lowest BCUT2D eigenvalue weighted by Gasteiger charge is -2.50. The third-order valence-corrected chi connectivity index (χ3v) is 7.20. The monoisotopic (exact) mass is 466 g/mol. The summed E-state index contributed by atoms with van der Waals surface area (Å²) in [5.74, 6) is -6.25. The van der Waals surface area contributed by atoms with Gasteiger partial charge in [-0.05, 0) is 50.6 Å². The second-order valence-electron chi connectivity index (χ2n) is 9.45. The van der Waals surface area contributed by atoms with Gasteiger partial charge in [-0.2, -0.15) is 5.26 Å². The van der Waals surface area contributed by atoms with Gasteiger partial charge in [0.1, 0.15) is 17.1 Å². The zero-order valence-corrected chi connectivity index (χ0v) is 19.3. The molecule has 1 amide bonds. The van der Waals surface area contributed by atoms with Gasteiger partial charge in [0.05, 0.1) is 17.7 Å². The van der Waals surface area contributed by atoms with Crippen LogP contribution in [0.4, 0.5) is 5.69 Å². The number of primary amides is 1. The van der Waals surface area contributed by atoms with Gasteiger partial charge < -0.3 is 26.0 Å². The Hall–Kier alpha value is -3.68. The number of fused-ring (bicyclic) bond motifs is 3. The molecular formula is C24H26N4O6. The molecule has 1 aromatic carbocycles. The number of hydrogen-bond donors (Lipinski definition) is 4. The summed E-state index contributed by atoms with van der Waals surface area (Å²) in [5.41, 5.74) is 3.52. The van der Waals surface area contributed by atoms with E-state index in [4.69, 9.17) is 5.73 Å². The number of ketones is 2. The normalized spacial score (nSPS) is 28.3. The van der Waals surface area contributed by atoms with Gasteiger partial charge in [-0.3, -0.25) is 19.3 Å². The second-order valence-corrected chi connectivity index (χ2v) is 9.45. The summed E-state index contributed by atoms with van der Waals surface area (Å²) >= 11 is 0. The number of benzene rings is 1. The number of likely N-dealkylation sites (N-methyl/N-ethyl adjacent to an activating group) is 1. The molecular weight excluding hydrogens is 440 g/mol. The van der Waals surface area contributed by atoms with Crippen LogP contribution >= 0.6 is 0 Å².